The van der Waals surface area contributed by atoms with Gasteiger partial charge in [0.15, 0.2) is 5.78 Å². The van der Waals surface area contributed by atoms with Crippen molar-refractivity contribution < 1.29 is 38.3 Å². The lowest BCUT2D eigenvalue weighted by molar-refractivity contribution is -0.137. The SMILES string of the molecule is CC(C)[C@H](NC(=O)CCCCCN1C(=O)C=CC1=O)C(=O)C[C@@H](CCCNC(N)=O)C(=O)Nc1ccc(COC(=O)N(C)[C@H](C)C(C)C)cc1. The highest BCUT2D eigenvalue weighted by Gasteiger charge is 2.30. The molecule has 14 heteroatoms. The molecule has 0 saturated heterocycles. The van der Waals surface area contributed by atoms with Gasteiger partial charge in [-0.3, -0.25) is 28.9 Å². The molecule has 14 nitrogen and oxygen atoms in total. The van der Waals surface area contributed by atoms with Gasteiger partial charge in [0.2, 0.25) is 11.8 Å². The van der Waals surface area contributed by atoms with E-state index in [0.29, 0.717) is 31.4 Å². The largest absolute Gasteiger partial charge is 0.445 e. The summed E-state index contributed by atoms with van der Waals surface area (Å²) in [5, 5.41) is 8.17. The fraction of sp³-hybridized carbons (Fsp3) is 0.583. The summed E-state index contributed by atoms with van der Waals surface area (Å²) in [5.41, 5.74) is 6.39. The summed E-state index contributed by atoms with van der Waals surface area (Å²) in [6, 6.07) is 5.36. The topological polar surface area (TPSA) is 197 Å². The number of urea groups is 1. The van der Waals surface area contributed by atoms with Crippen LogP contribution in [0, 0.1) is 17.8 Å². The molecule has 0 aromatic heterocycles. The molecule has 1 aromatic carbocycles. The minimum Gasteiger partial charge on any atom is -0.445 e. The first-order valence-electron chi connectivity index (χ1n) is 17.3. The number of carbonyl (C=O) groups is 7. The number of hydrogen-bond acceptors (Lipinski definition) is 8. The molecule has 0 radical (unpaired) electrons. The van der Waals surface area contributed by atoms with Crippen LogP contribution in [0.15, 0.2) is 36.4 Å². The molecule has 1 aliphatic heterocycles. The average molecular weight is 699 g/mol. The standard InChI is InChI=1S/C36H54N6O8/c1-23(2)25(5)41(6)36(49)50-22-26-13-15-28(16-14-26)39-34(47)27(11-10-19-38-35(37)48)21-29(43)33(24(3)4)40-30(44)12-8-7-9-20-42-31(45)17-18-32(42)46/h13-18,23-25,27,33H,7-12,19-22H2,1-6H3,(H,39,47)(H,40,44)(H3,37,38,48)/t25-,27-,33+/m1/s1. The van der Waals surface area contributed by atoms with Crippen LogP contribution in [0.4, 0.5) is 15.3 Å². The molecule has 0 spiro atoms. The molecule has 7 amide bonds. The van der Waals surface area contributed by atoms with Crippen LogP contribution in [0.2, 0.25) is 0 Å². The molecule has 0 saturated carbocycles. The number of imide groups is 1. The third kappa shape index (κ3) is 14.0. The molecule has 2 rings (SSSR count). The van der Waals surface area contributed by atoms with Crippen molar-refractivity contribution in [3.05, 3.63) is 42.0 Å². The number of hydrogen-bond donors (Lipinski definition) is 4. The third-order valence-electron chi connectivity index (χ3n) is 8.81. The number of unbranched alkanes of at least 4 members (excludes halogenated alkanes) is 2. The minimum absolute atomic E-state index is 0.0148. The monoisotopic (exact) mass is 698 g/mol. The number of amides is 7. The van der Waals surface area contributed by atoms with E-state index in [1.165, 1.54) is 12.2 Å². The molecule has 0 fully saturated rings. The highest BCUT2D eigenvalue weighted by Crippen LogP contribution is 2.20. The van der Waals surface area contributed by atoms with Crippen molar-refractivity contribution in [3.8, 4) is 0 Å². The first kappa shape index (κ1) is 41.4. The Bertz CT molecular complexity index is 1360. The maximum atomic E-state index is 13.5. The minimum atomic E-state index is -0.808. The molecule has 50 heavy (non-hydrogen) atoms. The van der Waals surface area contributed by atoms with Crippen molar-refractivity contribution in [2.75, 3.05) is 25.5 Å². The van der Waals surface area contributed by atoms with Crippen molar-refractivity contribution in [1.29, 1.82) is 0 Å². The lowest BCUT2D eigenvalue weighted by Crippen LogP contribution is -2.45. The molecule has 5 N–H and O–H groups in total. The van der Waals surface area contributed by atoms with E-state index in [-0.39, 0.29) is 86.2 Å². The van der Waals surface area contributed by atoms with Crippen molar-refractivity contribution in [1.82, 2.24) is 20.4 Å². The zero-order valence-electron chi connectivity index (χ0n) is 30.2. The predicted molar refractivity (Wildman–Crippen MR) is 188 cm³/mol. The van der Waals surface area contributed by atoms with Gasteiger partial charge < -0.3 is 31.3 Å². The highest BCUT2D eigenvalue weighted by atomic mass is 16.6. The number of primary amides is 1. The lowest BCUT2D eigenvalue weighted by atomic mass is 9.89. The van der Waals surface area contributed by atoms with Crippen LogP contribution in [-0.2, 0) is 35.3 Å². The van der Waals surface area contributed by atoms with Gasteiger partial charge in [0.1, 0.15) is 6.61 Å². The Morgan fingerprint density at radius 3 is 2.10 bits per heavy atom. The summed E-state index contributed by atoms with van der Waals surface area (Å²) in [6.45, 7) is 10.2. The van der Waals surface area contributed by atoms with E-state index in [1.807, 2.05) is 34.6 Å². The molecule has 0 aliphatic carbocycles. The molecule has 0 unspecified atom stereocenters. The Balaban J connectivity index is 1.96. The fourth-order valence-corrected chi connectivity index (χ4v) is 5.29. The molecule has 0 bridgehead atoms. The van der Waals surface area contributed by atoms with E-state index >= 15 is 0 Å². The van der Waals surface area contributed by atoms with Gasteiger partial charge in [-0.15, -0.1) is 0 Å². The second kappa shape index (κ2) is 20.7. The summed E-state index contributed by atoms with van der Waals surface area (Å²) in [4.78, 5) is 89.3. The van der Waals surface area contributed by atoms with E-state index in [9.17, 15) is 33.6 Å². The summed E-state index contributed by atoms with van der Waals surface area (Å²) >= 11 is 0. The first-order chi connectivity index (χ1) is 23.6. The molecule has 3 atom stereocenters. The van der Waals surface area contributed by atoms with Gasteiger partial charge in [-0.05, 0) is 62.1 Å². The molecular formula is C36H54N6O8. The zero-order chi connectivity index (χ0) is 37.4. The van der Waals surface area contributed by atoms with E-state index < -0.39 is 24.1 Å². The van der Waals surface area contributed by atoms with Crippen LogP contribution in [-0.4, -0.2) is 83.6 Å². The number of Topliss-reactive ketones (excluding diaryl/α,β-unsaturated/α-hetero) is 1. The Labute approximate surface area is 294 Å². The summed E-state index contributed by atoms with van der Waals surface area (Å²) in [6.07, 6.45) is 4.45. The number of benzene rings is 1. The van der Waals surface area contributed by atoms with Gasteiger partial charge in [0, 0.05) is 62.8 Å². The van der Waals surface area contributed by atoms with E-state index in [0.717, 1.165) is 10.5 Å². The Morgan fingerprint density at radius 2 is 1.52 bits per heavy atom. The summed E-state index contributed by atoms with van der Waals surface area (Å²) < 4.78 is 5.43. The Morgan fingerprint density at radius 1 is 0.880 bits per heavy atom. The van der Waals surface area contributed by atoms with Gasteiger partial charge in [-0.1, -0.05) is 46.2 Å². The van der Waals surface area contributed by atoms with Crippen LogP contribution in [0.25, 0.3) is 0 Å². The van der Waals surface area contributed by atoms with Crippen LogP contribution in [0.3, 0.4) is 0 Å². The summed E-state index contributed by atoms with van der Waals surface area (Å²) in [5.74, 6) is -2.36. The molecular weight excluding hydrogens is 644 g/mol. The maximum Gasteiger partial charge on any atom is 0.410 e. The molecule has 1 aliphatic rings. The first-order valence-corrected chi connectivity index (χ1v) is 17.3. The lowest BCUT2D eigenvalue weighted by Gasteiger charge is -2.27. The van der Waals surface area contributed by atoms with Crippen molar-refractivity contribution in [2.24, 2.45) is 23.5 Å². The van der Waals surface area contributed by atoms with E-state index in [1.54, 1.807) is 36.2 Å². The molecule has 1 heterocycles. The van der Waals surface area contributed by atoms with Gasteiger partial charge >= 0.3 is 12.1 Å². The molecule has 1 aromatic rings. The highest BCUT2D eigenvalue weighted by molar-refractivity contribution is 6.12. The van der Waals surface area contributed by atoms with Crippen molar-refractivity contribution in [3.63, 3.8) is 0 Å². The predicted octanol–water partition coefficient (Wildman–Crippen LogP) is 3.89. The summed E-state index contributed by atoms with van der Waals surface area (Å²) in [7, 11) is 1.70. The smallest absolute Gasteiger partial charge is 0.410 e. The number of nitrogens with two attached hydrogens (primary N) is 1. The Kier molecular flexibility index (Phi) is 17.1. The van der Waals surface area contributed by atoms with Crippen molar-refractivity contribution >= 4 is 47.2 Å². The number of carbonyl (C=O) groups excluding carboxylic acids is 7. The fourth-order valence-electron chi connectivity index (χ4n) is 5.29. The van der Waals surface area contributed by atoms with Crippen molar-refractivity contribution in [2.45, 2.75) is 98.3 Å². The number of nitrogens with zero attached hydrogens (tertiary/aromatic N) is 2. The number of ketones is 1. The second-order valence-electron chi connectivity index (χ2n) is 13.4. The van der Waals surface area contributed by atoms with Gasteiger partial charge in [0.25, 0.3) is 11.8 Å². The zero-order valence-corrected chi connectivity index (χ0v) is 30.2. The van der Waals surface area contributed by atoms with Gasteiger partial charge in [0.05, 0.1) is 6.04 Å². The quantitative estimate of drug-likeness (QED) is 0.110. The number of nitrogens with one attached hydrogen (secondary N) is 3. The van der Waals surface area contributed by atoms with Crippen LogP contribution in [0.5, 0.6) is 0 Å². The number of anilines is 1. The van der Waals surface area contributed by atoms with Gasteiger partial charge in [-0.25, -0.2) is 9.59 Å². The van der Waals surface area contributed by atoms with Crippen LogP contribution >= 0.6 is 0 Å². The van der Waals surface area contributed by atoms with Crippen LogP contribution in [0.1, 0.15) is 85.1 Å². The third-order valence-corrected chi connectivity index (χ3v) is 8.81. The molecule has 276 valence electrons. The second-order valence-corrected chi connectivity index (χ2v) is 13.4. The average Bonchev–Trinajstić information content (AvgIpc) is 3.39. The van der Waals surface area contributed by atoms with Gasteiger partial charge in [-0.2, -0.15) is 0 Å². The maximum absolute atomic E-state index is 13.5. The number of rotatable bonds is 21. The number of ether oxygens (including phenoxy) is 1. The van der Waals surface area contributed by atoms with E-state index in [2.05, 4.69) is 16.0 Å². The van der Waals surface area contributed by atoms with Crippen LogP contribution < -0.4 is 21.7 Å². The Hall–Kier alpha value is -4.75. The normalized spacial score (nSPS) is 14.4. The van der Waals surface area contributed by atoms with E-state index in [4.69, 9.17) is 10.5 Å².